The van der Waals surface area contributed by atoms with E-state index in [0.29, 0.717) is 22.7 Å². The summed E-state index contributed by atoms with van der Waals surface area (Å²) in [6.07, 6.45) is 4.86. The molecule has 0 bridgehead atoms. The molecule has 0 radical (unpaired) electrons. The van der Waals surface area contributed by atoms with Crippen LogP contribution in [0.4, 0.5) is 5.69 Å². The zero-order chi connectivity index (χ0) is 21.5. The smallest absolute Gasteiger partial charge is 0.266 e. The molecule has 0 fully saturated rings. The lowest BCUT2D eigenvalue weighted by Crippen LogP contribution is -2.14. The second-order valence-corrected chi connectivity index (χ2v) is 6.59. The highest BCUT2D eigenvalue weighted by atomic mass is 16.5. The van der Waals surface area contributed by atoms with Crippen LogP contribution in [0.25, 0.3) is 11.8 Å². The van der Waals surface area contributed by atoms with Gasteiger partial charge in [-0.1, -0.05) is 48.5 Å². The van der Waals surface area contributed by atoms with E-state index in [9.17, 15) is 10.1 Å². The van der Waals surface area contributed by atoms with Gasteiger partial charge in [0.15, 0.2) is 5.75 Å². The summed E-state index contributed by atoms with van der Waals surface area (Å²) in [6.45, 7) is 0. The molecule has 1 N–H and O–H groups in total. The van der Waals surface area contributed by atoms with Crippen LogP contribution >= 0.6 is 0 Å². The Labute approximate surface area is 179 Å². The molecule has 0 saturated heterocycles. The maximum Gasteiger partial charge on any atom is 0.266 e. The predicted octanol–water partition coefficient (Wildman–Crippen LogP) is 5.21. The quantitative estimate of drug-likeness (QED) is 0.352. The van der Waals surface area contributed by atoms with E-state index < -0.39 is 5.91 Å². The van der Waals surface area contributed by atoms with Crippen LogP contribution in [0.1, 0.15) is 5.56 Å². The van der Waals surface area contributed by atoms with Crippen molar-refractivity contribution >= 4 is 17.7 Å². The highest BCUT2D eigenvalue weighted by Gasteiger charge is 2.13. The van der Waals surface area contributed by atoms with Crippen molar-refractivity contribution in [3.63, 3.8) is 0 Å². The Bertz CT molecular complexity index is 1260. The fraction of sp³-hybridized carbons (Fsp3) is 0. The molecule has 1 heterocycles. The second kappa shape index (κ2) is 9.25. The van der Waals surface area contributed by atoms with Crippen LogP contribution in [0.5, 0.6) is 11.5 Å². The largest absolute Gasteiger partial charge is 0.455 e. The number of amides is 1. The third-order valence-electron chi connectivity index (χ3n) is 4.41. The van der Waals surface area contributed by atoms with Crippen molar-refractivity contribution in [1.29, 1.82) is 5.26 Å². The van der Waals surface area contributed by atoms with E-state index in [1.54, 1.807) is 35.3 Å². The van der Waals surface area contributed by atoms with Crippen molar-refractivity contribution < 1.29 is 9.53 Å². The lowest BCUT2D eigenvalue weighted by Gasteiger charge is -2.11. The minimum absolute atomic E-state index is 0.0397. The molecule has 0 spiro atoms. The second-order valence-electron chi connectivity index (χ2n) is 6.59. The Kier molecular flexibility index (Phi) is 5.87. The van der Waals surface area contributed by atoms with Gasteiger partial charge in [-0.3, -0.25) is 4.79 Å². The minimum Gasteiger partial charge on any atom is -0.455 e. The maximum atomic E-state index is 12.7. The highest BCUT2D eigenvalue weighted by molar-refractivity contribution is 6.10. The Morgan fingerprint density at radius 3 is 2.39 bits per heavy atom. The van der Waals surface area contributed by atoms with Gasteiger partial charge in [0, 0.05) is 11.8 Å². The van der Waals surface area contributed by atoms with Crippen LogP contribution in [-0.2, 0) is 4.79 Å². The van der Waals surface area contributed by atoms with Gasteiger partial charge in [-0.25, -0.2) is 4.68 Å². The topological polar surface area (TPSA) is 79.9 Å². The number of nitriles is 1. The molecule has 0 aliphatic carbocycles. The average molecular weight is 406 g/mol. The summed E-state index contributed by atoms with van der Waals surface area (Å²) in [7, 11) is 0. The summed E-state index contributed by atoms with van der Waals surface area (Å²) < 4.78 is 7.55. The number of aromatic nitrogens is 2. The normalized spacial score (nSPS) is 10.9. The van der Waals surface area contributed by atoms with Crippen molar-refractivity contribution in [2.75, 3.05) is 5.32 Å². The van der Waals surface area contributed by atoms with Crippen molar-refractivity contribution in [3.8, 4) is 23.3 Å². The number of benzene rings is 3. The predicted molar refractivity (Wildman–Crippen MR) is 119 cm³/mol. The third-order valence-corrected chi connectivity index (χ3v) is 4.41. The fourth-order valence-corrected chi connectivity index (χ4v) is 2.91. The first-order valence-corrected chi connectivity index (χ1v) is 9.58. The number of nitrogens with one attached hydrogen (secondary N) is 1. The van der Waals surface area contributed by atoms with Crippen LogP contribution in [0.3, 0.4) is 0 Å². The molecule has 0 saturated carbocycles. The van der Waals surface area contributed by atoms with Crippen LogP contribution in [-0.4, -0.2) is 15.7 Å². The number of hydrogen-bond donors (Lipinski definition) is 1. The van der Waals surface area contributed by atoms with E-state index in [1.807, 2.05) is 72.8 Å². The summed E-state index contributed by atoms with van der Waals surface area (Å²) in [6, 6.07) is 27.9. The molecule has 6 nitrogen and oxygen atoms in total. The fourth-order valence-electron chi connectivity index (χ4n) is 2.91. The molecule has 0 aliphatic heterocycles. The summed E-state index contributed by atoms with van der Waals surface area (Å²) in [4.78, 5) is 12.7. The lowest BCUT2D eigenvalue weighted by atomic mass is 10.2. The van der Waals surface area contributed by atoms with E-state index in [4.69, 9.17) is 4.74 Å². The van der Waals surface area contributed by atoms with Gasteiger partial charge in [0.25, 0.3) is 5.91 Å². The highest BCUT2D eigenvalue weighted by Crippen LogP contribution is 2.29. The zero-order valence-corrected chi connectivity index (χ0v) is 16.5. The maximum absolute atomic E-state index is 12.7. The third kappa shape index (κ3) is 4.86. The van der Waals surface area contributed by atoms with Gasteiger partial charge in [0.05, 0.1) is 17.6 Å². The molecule has 1 aromatic heterocycles. The number of rotatable bonds is 6. The summed E-state index contributed by atoms with van der Waals surface area (Å²) in [5.74, 6) is 0.601. The van der Waals surface area contributed by atoms with E-state index in [2.05, 4.69) is 10.4 Å². The number of hydrogen-bond acceptors (Lipinski definition) is 4. The molecule has 4 rings (SSSR count). The van der Waals surface area contributed by atoms with Crippen LogP contribution in [0.2, 0.25) is 0 Å². The molecule has 150 valence electrons. The van der Waals surface area contributed by atoms with Crippen molar-refractivity contribution in [2.45, 2.75) is 0 Å². The molecule has 1 amide bonds. The molecule has 0 aliphatic rings. The monoisotopic (exact) mass is 406 g/mol. The lowest BCUT2D eigenvalue weighted by molar-refractivity contribution is -0.112. The molecule has 31 heavy (non-hydrogen) atoms. The minimum atomic E-state index is -0.529. The Balaban J connectivity index is 1.53. The SMILES string of the molecule is N#C/C(=C\c1cnn(-c2ccccc2)c1)C(=O)Nc1ccccc1Oc1ccccc1. The van der Waals surface area contributed by atoms with Gasteiger partial charge in [-0.2, -0.15) is 10.4 Å². The molecule has 0 atom stereocenters. The zero-order valence-electron chi connectivity index (χ0n) is 16.5. The summed E-state index contributed by atoms with van der Waals surface area (Å²) in [5.41, 5.74) is 1.96. The standard InChI is InChI=1S/C25H18N4O2/c26-16-20(15-19-17-27-29(18-19)21-9-3-1-4-10-21)25(30)28-23-13-7-8-14-24(23)31-22-11-5-2-6-12-22/h1-15,17-18H,(H,28,30)/b20-15+. The number of nitrogens with zero attached hydrogens (tertiary/aromatic N) is 3. The van der Waals surface area contributed by atoms with Gasteiger partial charge in [0.1, 0.15) is 17.4 Å². The first-order valence-electron chi connectivity index (χ1n) is 9.58. The number of carbonyl (C=O) groups excluding carboxylic acids is 1. The summed E-state index contributed by atoms with van der Waals surface area (Å²) in [5, 5.41) is 16.6. The van der Waals surface area contributed by atoms with Gasteiger partial charge < -0.3 is 10.1 Å². The van der Waals surface area contributed by atoms with Crippen LogP contribution < -0.4 is 10.1 Å². The average Bonchev–Trinajstić information content (AvgIpc) is 3.29. The summed E-state index contributed by atoms with van der Waals surface area (Å²) >= 11 is 0. The number of carbonyl (C=O) groups is 1. The molecule has 6 heteroatoms. The first-order chi connectivity index (χ1) is 15.2. The van der Waals surface area contributed by atoms with Gasteiger partial charge in [0.2, 0.25) is 0 Å². The first kappa shape index (κ1) is 19.7. The van der Waals surface area contributed by atoms with E-state index in [1.165, 1.54) is 6.08 Å². The molecular formula is C25H18N4O2. The molecule has 0 unspecified atom stereocenters. The molecule has 3 aromatic carbocycles. The van der Waals surface area contributed by atoms with Crippen molar-refractivity contribution in [2.24, 2.45) is 0 Å². The van der Waals surface area contributed by atoms with E-state index in [0.717, 1.165) is 5.69 Å². The number of para-hydroxylation sites is 4. The molecule has 4 aromatic rings. The van der Waals surface area contributed by atoms with Crippen LogP contribution in [0.15, 0.2) is 103 Å². The number of anilines is 1. The van der Waals surface area contributed by atoms with Gasteiger partial charge in [-0.05, 0) is 42.5 Å². The van der Waals surface area contributed by atoms with Crippen LogP contribution in [0, 0.1) is 11.3 Å². The van der Waals surface area contributed by atoms with Crippen molar-refractivity contribution in [1.82, 2.24) is 9.78 Å². The Morgan fingerprint density at radius 1 is 0.968 bits per heavy atom. The molecular weight excluding hydrogens is 388 g/mol. The Hall–Kier alpha value is -4.63. The number of ether oxygens (including phenoxy) is 1. The van der Waals surface area contributed by atoms with Crippen molar-refractivity contribution in [3.05, 3.63) is 108 Å². The van der Waals surface area contributed by atoms with E-state index in [-0.39, 0.29) is 5.57 Å². The Morgan fingerprint density at radius 2 is 1.65 bits per heavy atom. The van der Waals surface area contributed by atoms with E-state index >= 15 is 0 Å². The van der Waals surface area contributed by atoms with Gasteiger partial charge in [-0.15, -0.1) is 0 Å². The van der Waals surface area contributed by atoms with Gasteiger partial charge >= 0.3 is 0 Å².